The van der Waals surface area contributed by atoms with Crippen LogP contribution >= 0.6 is 0 Å². The Morgan fingerprint density at radius 1 is 1.35 bits per heavy atom. The molecule has 2 atom stereocenters. The molecular formula is C14H20N2O. The third-order valence-electron chi connectivity index (χ3n) is 4.54. The highest BCUT2D eigenvalue weighted by molar-refractivity contribution is 5.66. The SMILES string of the molecule is COc1ccc2c(c1)N(C)C1N(C)CCC21C. The van der Waals surface area contributed by atoms with E-state index in [9.17, 15) is 0 Å². The number of ether oxygens (including phenoxy) is 1. The van der Waals surface area contributed by atoms with Gasteiger partial charge in [0.1, 0.15) is 5.75 Å². The van der Waals surface area contributed by atoms with Crippen molar-refractivity contribution in [2.75, 3.05) is 32.6 Å². The quantitative estimate of drug-likeness (QED) is 0.737. The molecule has 0 saturated carbocycles. The van der Waals surface area contributed by atoms with Gasteiger partial charge in [-0.2, -0.15) is 0 Å². The van der Waals surface area contributed by atoms with Crippen LogP contribution in [0.4, 0.5) is 5.69 Å². The first-order valence-corrected chi connectivity index (χ1v) is 6.19. The number of likely N-dealkylation sites (N-methyl/N-ethyl adjacent to an activating group) is 2. The summed E-state index contributed by atoms with van der Waals surface area (Å²) in [6.45, 7) is 3.56. The Labute approximate surface area is 103 Å². The van der Waals surface area contributed by atoms with Crippen LogP contribution in [-0.4, -0.2) is 38.8 Å². The van der Waals surface area contributed by atoms with Crippen LogP contribution in [0.5, 0.6) is 5.75 Å². The molecule has 0 amide bonds. The number of benzene rings is 1. The third-order valence-corrected chi connectivity index (χ3v) is 4.54. The maximum atomic E-state index is 5.33. The Morgan fingerprint density at radius 3 is 2.82 bits per heavy atom. The molecule has 0 bridgehead atoms. The molecule has 1 saturated heterocycles. The van der Waals surface area contributed by atoms with E-state index in [1.165, 1.54) is 24.2 Å². The normalized spacial score (nSPS) is 31.5. The Morgan fingerprint density at radius 2 is 2.12 bits per heavy atom. The van der Waals surface area contributed by atoms with Crippen molar-refractivity contribution in [2.24, 2.45) is 0 Å². The van der Waals surface area contributed by atoms with Crippen LogP contribution in [0.1, 0.15) is 18.9 Å². The molecule has 1 aromatic carbocycles. The minimum Gasteiger partial charge on any atom is -0.497 e. The van der Waals surface area contributed by atoms with Crippen LogP contribution in [0.25, 0.3) is 0 Å². The fraction of sp³-hybridized carbons (Fsp3) is 0.571. The minimum absolute atomic E-state index is 0.269. The summed E-state index contributed by atoms with van der Waals surface area (Å²) in [6, 6.07) is 6.48. The van der Waals surface area contributed by atoms with Gasteiger partial charge < -0.3 is 9.64 Å². The molecule has 2 aliphatic rings. The molecule has 3 rings (SSSR count). The molecule has 17 heavy (non-hydrogen) atoms. The van der Waals surface area contributed by atoms with Crippen LogP contribution < -0.4 is 9.64 Å². The van der Waals surface area contributed by atoms with Gasteiger partial charge in [-0.15, -0.1) is 0 Å². The zero-order chi connectivity index (χ0) is 12.2. The van der Waals surface area contributed by atoms with E-state index in [0.717, 1.165) is 5.75 Å². The molecule has 1 aromatic rings. The lowest BCUT2D eigenvalue weighted by Crippen LogP contribution is -2.45. The molecular weight excluding hydrogens is 212 g/mol. The smallest absolute Gasteiger partial charge is 0.120 e. The van der Waals surface area contributed by atoms with Gasteiger partial charge in [0.25, 0.3) is 0 Å². The molecule has 0 radical (unpaired) electrons. The molecule has 1 fully saturated rings. The predicted octanol–water partition coefficient (Wildman–Crippen LogP) is 2.06. The van der Waals surface area contributed by atoms with E-state index >= 15 is 0 Å². The number of nitrogens with zero attached hydrogens (tertiary/aromatic N) is 2. The predicted molar refractivity (Wildman–Crippen MR) is 69.8 cm³/mol. The summed E-state index contributed by atoms with van der Waals surface area (Å²) in [5.74, 6) is 0.946. The minimum atomic E-state index is 0.269. The summed E-state index contributed by atoms with van der Waals surface area (Å²) >= 11 is 0. The van der Waals surface area contributed by atoms with Crippen LogP contribution in [0, 0.1) is 0 Å². The van der Waals surface area contributed by atoms with Gasteiger partial charge in [0.05, 0.1) is 13.3 Å². The average molecular weight is 232 g/mol. The molecule has 0 spiro atoms. The number of hydrogen-bond acceptors (Lipinski definition) is 3. The summed E-state index contributed by atoms with van der Waals surface area (Å²) in [6.07, 6.45) is 1.72. The van der Waals surface area contributed by atoms with Gasteiger partial charge in [0.2, 0.25) is 0 Å². The van der Waals surface area contributed by atoms with Crippen molar-refractivity contribution in [1.82, 2.24) is 4.90 Å². The Bertz CT molecular complexity index is 460. The van der Waals surface area contributed by atoms with E-state index in [0.29, 0.717) is 6.17 Å². The molecule has 92 valence electrons. The molecule has 0 aliphatic carbocycles. The second kappa shape index (κ2) is 3.39. The van der Waals surface area contributed by atoms with Crippen molar-refractivity contribution in [3.05, 3.63) is 23.8 Å². The topological polar surface area (TPSA) is 15.7 Å². The number of likely N-dealkylation sites (tertiary alicyclic amines) is 1. The zero-order valence-corrected chi connectivity index (χ0v) is 11.0. The molecule has 2 aliphatic heterocycles. The average Bonchev–Trinajstić information content (AvgIpc) is 2.75. The lowest BCUT2D eigenvalue weighted by Gasteiger charge is -2.32. The molecule has 2 heterocycles. The van der Waals surface area contributed by atoms with Crippen molar-refractivity contribution in [1.29, 1.82) is 0 Å². The van der Waals surface area contributed by atoms with Gasteiger partial charge in [-0.3, -0.25) is 4.90 Å². The maximum Gasteiger partial charge on any atom is 0.120 e. The van der Waals surface area contributed by atoms with E-state index in [-0.39, 0.29) is 5.41 Å². The fourth-order valence-electron chi connectivity index (χ4n) is 3.69. The highest BCUT2D eigenvalue weighted by Gasteiger charge is 2.52. The number of fused-ring (bicyclic) bond motifs is 3. The van der Waals surface area contributed by atoms with Crippen molar-refractivity contribution < 1.29 is 4.74 Å². The van der Waals surface area contributed by atoms with Crippen LogP contribution in [-0.2, 0) is 5.41 Å². The number of hydrogen-bond donors (Lipinski definition) is 0. The lowest BCUT2D eigenvalue weighted by atomic mass is 9.81. The van der Waals surface area contributed by atoms with Crippen molar-refractivity contribution in [3.63, 3.8) is 0 Å². The Balaban J connectivity index is 2.14. The van der Waals surface area contributed by atoms with Crippen LogP contribution in [0.3, 0.4) is 0 Å². The number of methoxy groups -OCH3 is 1. The van der Waals surface area contributed by atoms with Crippen molar-refractivity contribution in [3.8, 4) is 5.75 Å². The summed E-state index contributed by atoms with van der Waals surface area (Å²) < 4.78 is 5.33. The first-order valence-electron chi connectivity index (χ1n) is 6.19. The second-order valence-electron chi connectivity index (χ2n) is 5.52. The van der Waals surface area contributed by atoms with E-state index in [4.69, 9.17) is 4.74 Å². The van der Waals surface area contributed by atoms with E-state index in [1.807, 2.05) is 0 Å². The Kier molecular flexibility index (Phi) is 2.17. The number of anilines is 1. The van der Waals surface area contributed by atoms with E-state index in [1.54, 1.807) is 7.11 Å². The van der Waals surface area contributed by atoms with Gasteiger partial charge in [-0.05, 0) is 25.1 Å². The van der Waals surface area contributed by atoms with Gasteiger partial charge in [0.15, 0.2) is 0 Å². The largest absolute Gasteiger partial charge is 0.497 e. The lowest BCUT2D eigenvalue weighted by molar-refractivity contribution is 0.268. The summed E-state index contributed by atoms with van der Waals surface area (Å²) in [4.78, 5) is 4.84. The van der Waals surface area contributed by atoms with E-state index in [2.05, 4.69) is 49.0 Å². The third kappa shape index (κ3) is 1.26. The standard InChI is InChI=1S/C14H20N2O/c1-14-7-8-15(2)13(14)16(3)12-9-10(17-4)5-6-11(12)14/h5-6,9,13H,7-8H2,1-4H3. The highest BCUT2D eigenvalue weighted by atomic mass is 16.5. The summed E-state index contributed by atoms with van der Waals surface area (Å²) in [5.41, 5.74) is 3.06. The van der Waals surface area contributed by atoms with Gasteiger partial charge in [-0.25, -0.2) is 0 Å². The zero-order valence-electron chi connectivity index (χ0n) is 11.0. The highest BCUT2D eigenvalue weighted by Crippen LogP contribution is 2.51. The van der Waals surface area contributed by atoms with Gasteiger partial charge in [-0.1, -0.05) is 13.0 Å². The summed E-state index contributed by atoms with van der Waals surface area (Å²) in [7, 11) is 6.14. The summed E-state index contributed by atoms with van der Waals surface area (Å²) in [5, 5.41) is 0. The fourth-order valence-corrected chi connectivity index (χ4v) is 3.69. The molecule has 0 N–H and O–H groups in total. The van der Waals surface area contributed by atoms with Crippen LogP contribution in [0.2, 0.25) is 0 Å². The second-order valence-corrected chi connectivity index (χ2v) is 5.52. The Hall–Kier alpha value is -1.22. The van der Waals surface area contributed by atoms with Crippen LogP contribution in [0.15, 0.2) is 18.2 Å². The molecule has 0 aromatic heterocycles. The molecule has 2 unspecified atom stereocenters. The van der Waals surface area contributed by atoms with E-state index < -0.39 is 0 Å². The van der Waals surface area contributed by atoms with Crippen molar-refractivity contribution in [2.45, 2.75) is 24.9 Å². The first kappa shape index (κ1) is 10.9. The van der Waals surface area contributed by atoms with Crippen molar-refractivity contribution >= 4 is 5.69 Å². The molecule has 3 heteroatoms. The van der Waals surface area contributed by atoms with Gasteiger partial charge >= 0.3 is 0 Å². The molecule has 3 nitrogen and oxygen atoms in total. The van der Waals surface area contributed by atoms with Gasteiger partial charge in [0, 0.05) is 30.8 Å². The first-order chi connectivity index (χ1) is 8.08. The number of rotatable bonds is 1. The maximum absolute atomic E-state index is 5.33. The monoisotopic (exact) mass is 232 g/mol.